The van der Waals surface area contributed by atoms with E-state index in [9.17, 15) is 9.90 Å². The van der Waals surface area contributed by atoms with Crippen LogP contribution in [0, 0.1) is 0 Å². The summed E-state index contributed by atoms with van der Waals surface area (Å²) in [6.45, 7) is 3.53. The number of ether oxygens (including phenoxy) is 2. The fraction of sp³-hybridized carbons (Fsp3) is 0.462. The SMILES string of the molecule is CCc1ccc(CO)c(OC(C)C(=O)OC)c1. The summed E-state index contributed by atoms with van der Waals surface area (Å²) in [5.41, 5.74) is 1.76. The molecule has 1 unspecified atom stereocenters. The van der Waals surface area contributed by atoms with Crippen molar-refractivity contribution in [3.05, 3.63) is 29.3 Å². The number of aliphatic hydroxyl groups excluding tert-OH is 1. The fourth-order valence-electron chi connectivity index (χ4n) is 1.46. The molecule has 4 heteroatoms. The van der Waals surface area contributed by atoms with E-state index < -0.39 is 12.1 Å². The number of benzene rings is 1. The van der Waals surface area contributed by atoms with Gasteiger partial charge in [-0.05, 0) is 25.0 Å². The normalized spacial score (nSPS) is 12.0. The van der Waals surface area contributed by atoms with Crippen molar-refractivity contribution in [3.63, 3.8) is 0 Å². The highest BCUT2D eigenvalue weighted by molar-refractivity contribution is 5.74. The largest absolute Gasteiger partial charge is 0.479 e. The number of rotatable bonds is 5. The number of aliphatic hydroxyl groups is 1. The number of carbonyl (C=O) groups excluding carboxylic acids is 1. The molecule has 1 N–H and O–H groups in total. The Balaban J connectivity index is 2.91. The standard InChI is InChI=1S/C13H18O4/c1-4-10-5-6-11(8-14)12(7-10)17-9(2)13(15)16-3/h5-7,9,14H,4,8H2,1-3H3. The average molecular weight is 238 g/mol. The minimum atomic E-state index is -0.683. The summed E-state index contributed by atoms with van der Waals surface area (Å²) < 4.78 is 10.1. The van der Waals surface area contributed by atoms with E-state index in [2.05, 4.69) is 4.74 Å². The van der Waals surface area contributed by atoms with Gasteiger partial charge in [-0.1, -0.05) is 19.1 Å². The number of hydrogen-bond acceptors (Lipinski definition) is 4. The van der Waals surface area contributed by atoms with Crippen LogP contribution in [-0.4, -0.2) is 24.3 Å². The van der Waals surface area contributed by atoms with Crippen molar-refractivity contribution in [2.45, 2.75) is 33.0 Å². The molecule has 1 rings (SSSR count). The molecule has 0 fully saturated rings. The van der Waals surface area contributed by atoms with Gasteiger partial charge in [-0.25, -0.2) is 4.79 Å². The first kappa shape index (κ1) is 13.5. The third kappa shape index (κ3) is 3.46. The number of methoxy groups -OCH3 is 1. The van der Waals surface area contributed by atoms with Gasteiger partial charge in [0, 0.05) is 5.56 Å². The van der Waals surface area contributed by atoms with E-state index in [1.807, 2.05) is 19.1 Å². The molecule has 1 atom stereocenters. The molecule has 0 saturated carbocycles. The first-order chi connectivity index (χ1) is 8.12. The van der Waals surface area contributed by atoms with Gasteiger partial charge in [-0.2, -0.15) is 0 Å². The van der Waals surface area contributed by atoms with E-state index in [0.29, 0.717) is 11.3 Å². The van der Waals surface area contributed by atoms with Crippen molar-refractivity contribution in [2.75, 3.05) is 7.11 Å². The Kier molecular flexibility index (Phi) is 4.97. The van der Waals surface area contributed by atoms with Gasteiger partial charge in [0.2, 0.25) is 0 Å². The molecular formula is C13H18O4. The predicted molar refractivity (Wildman–Crippen MR) is 63.8 cm³/mol. The zero-order valence-corrected chi connectivity index (χ0v) is 10.4. The van der Waals surface area contributed by atoms with Gasteiger partial charge in [0.15, 0.2) is 6.10 Å². The molecule has 0 radical (unpaired) electrons. The molecule has 0 aliphatic rings. The zero-order valence-electron chi connectivity index (χ0n) is 10.4. The maximum Gasteiger partial charge on any atom is 0.346 e. The Morgan fingerprint density at radius 3 is 2.71 bits per heavy atom. The van der Waals surface area contributed by atoms with Crippen LogP contribution in [0.3, 0.4) is 0 Å². The molecule has 94 valence electrons. The lowest BCUT2D eigenvalue weighted by molar-refractivity contribution is -0.147. The van der Waals surface area contributed by atoms with Crippen molar-refractivity contribution in [3.8, 4) is 5.75 Å². The summed E-state index contributed by atoms with van der Waals surface area (Å²) in [5, 5.41) is 9.19. The second-order valence-corrected chi connectivity index (χ2v) is 3.74. The lowest BCUT2D eigenvalue weighted by Crippen LogP contribution is -2.25. The summed E-state index contributed by atoms with van der Waals surface area (Å²) in [6.07, 6.45) is 0.187. The van der Waals surface area contributed by atoms with Crippen molar-refractivity contribution >= 4 is 5.97 Å². The van der Waals surface area contributed by atoms with E-state index in [0.717, 1.165) is 12.0 Å². The highest BCUT2D eigenvalue weighted by atomic mass is 16.6. The molecule has 0 spiro atoms. The van der Waals surface area contributed by atoms with Crippen molar-refractivity contribution in [2.24, 2.45) is 0 Å². The number of aryl methyl sites for hydroxylation is 1. The molecule has 0 amide bonds. The zero-order chi connectivity index (χ0) is 12.8. The molecule has 0 aliphatic carbocycles. The van der Waals surface area contributed by atoms with Crippen LogP contribution in [0.2, 0.25) is 0 Å². The molecule has 0 aromatic heterocycles. The minimum absolute atomic E-state index is 0.118. The summed E-state index contributed by atoms with van der Waals surface area (Å²) >= 11 is 0. The molecule has 0 bridgehead atoms. The topological polar surface area (TPSA) is 55.8 Å². The highest BCUT2D eigenvalue weighted by Gasteiger charge is 2.16. The van der Waals surface area contributed by atoms with Crippen LogP contribution in [0.15, 0.2) is 18.2 Å². The monoisotopic (exact) mass is 238 g/mol. The fourth-order valence-corrected chi connectivity index (χ4v) is 1.46. The quantitative estimate of drug-likeness (QED) is 0.793. The van der Waals surface area contributed by atoms with Gasteiger partial charge in [0.05, 0.1) is 13.7 Å². The van der Waals surface area contributed by atoms with Gasteiger partial charge in [-0.15, -0.1) is 0 Å². The van der Waals surface area contributed by atoms with Crippen LogP contribution in [-0.2, 0) is 22.6 Å². The molecule has 1 aromatic carbocycles. The number of hydrogen-bond donors (Lipinski definition) is 1. The number of esters is 1. The number of carbonyl (C=O) groups is 1. The molecular weight excluding hydrogens is 220 g/mol. The maximum atomic E-state index is 11.3. The van der Waals surface area contributed by atoms with Gasteiger partial charge < -0.3 is 14.6 Å². The van der Waals surface area contributed by atoms with Gasteiger partial charge in [-0.3, -0.25) is 0 Å². The maximum absolute atomic E-state index is 11.3. The first-order valence-electron chi connectivity index (χ1n) is 5.59. The van der Waals surface area contributed by atoms with Crippen LogP contribution in [0.1, 0.15) is 25.0 Å². The minimum Gasteiger partial charge on any atom is -0.479 e. The average Bonchev–Trinajstić information content (AvgIpc) is 2.37. The first-order valence-corrected chi connectivity index (χ1v) is 5.59. The third-order valence-electron chi connectivity index (χ3n) is 2.55. The van der Waals surface area contributed by atoms with Crippen molar-refractivity contribution in [1.29, 1.82) is 0 Å². The second kappa shape index (κ2) is 6.25. The second-order valence-electron chi connectivity index (χ2n) is 3.74. The highest BCUT2D eigenvalue weighted by Crippen LogP contribution is 2.22. The van der Waals surface area contributed by atoms with E-state index >= 15 is 0 Å². The van der Waals surface area contributed by atoms with Crippen LogP contribution >= 0.6 is 0 Å². The lowest BCUT2D eigenvalue weighted by atomic mass is 10.1. The summed E-state index contributed by atoms with van der Waals surface area (Å²) in [4.78, 5) is 11.3. The molecule has 0 heterocycles. The Morgan fingerprint density at radius 1 is 1.47 bits per heavy atom. The van der Waals surface area contributed by atoms with Gasteiger partial charge >= 0.3 is 5.97 Å². The Bertz CT molecular complexity index is 387. The molecule has 1 aromatic rings. The molecule has 0 saturated heterocycles. The summed E-state index contributed by atoms with van der Waals surface area (Å²) in [6, 6.07) is 5.57. The lowest BCUT2D eigenvalue weighted by Gasteiger charge is -2.15. The molecule has 17 heavy (non-hydrogen) atoms. The smallest absolute Gasteiger partial charge is 0.346 e. The van der Waals surface area contributed by atoms with E-state index in [-0.39, 0.29) is 6.61 Å². The molecule has 4 nitrogen and oxygen atoms in total. The van der Waals surface area contributed by atoms with Crippen LogP contribution in [0.25, 0.3) is 0 Å². The predicted octanol–water partition coefficient (Wildman–Crippen LogP) is 1.68. The Labute approximate surface area is 101 Å². The summed E-state index contributed by atoms with van der Waals surface area (Å²) in [7, 11) is 1.32. The van der Waals surface area contributed by atoms with Crippen molar-refractivity contribution < 1.29 is 19.4 Å². The van der Waals surface area contributed by atoms with Crippen LogP contribution in [0.5, 0.6) is 5.75 Å². The Hall–Kier alpha value is -1.55. The summed E-state index contributed by atoms with van der Waals surface area (Å²) in [5.74, 6) is 0.0977. The Morgan fingerprint density at radius 2 is 2.18 bits per heavy atom. The van der Waals surface area contributed by atoms with Gasteiger partial charge in [0.1, 0.15) is 5.75 Å². The third-order valence-corrected chi connectivity index (χ3v) is 2.55. The molecule has 0 aliphatic heterocycles. The van der Waals surface area contributed by atoms with E-state index in [4.69, 9.17) is 4.74 Å². The van der Waals surface area contributed by atoms with E-state index in [1.165, 1.54) is 7.11 Å². The van der Waals surface area contributed by atoms with Crippen LogP contribution in [0.4, 0.5) is 0 Å². The van der Waals surface area contributed by atoms with Crippen molar-refractivity contribution in [1.82, 2.24) is 0 Å². The van der Waals surface area contributed by atoms with Gasteiger partial charge in [0.25, 0.3) is 0 Å². The van der Waals surface area contributed by atoms with Crippen LogP contribution < -0.4 is 4.74 Å². The van der Waals surface area contributed by atoms with E-state index in [1.54, 1.807) is 13.0 Å².